The van der Waals surface area contributed by atoms with Gasteiger partial charge in [0.2, 0.25) is 10.0 Å². The van der Waals surface area contributed by atoms with Gasteiger partial charge < -0.3 is 9.72 Å². The first-order valence-electron chi connectivity index (χ1n) is 7.06. The molecule has 2 aromatic heterocycles. The van der Waals surface area contributed by atoms with Crippen LogP contribution in [0.25, 0.3) is 0 Å². The molecule has 1 saturated heterocycles. The Morgan fingerprint density at radius 1 is 1.43 bits per heavy atom. The van der Waals surface area contributed by atoms with Crippen LogP contribution < -0.4 is 5.56 Å². The van der Waals surface area contributed by atoms with E-state index in [0.29, 0.717) is 11.5 Å². The van der Waals surface area contributed by atoms with Crippen molar-refractivity contribution in [1.82, 2.24) is 19.3 Å². The maximum atomic E-state index is 12.6. The van der Waals surface area contributed by atoms with Crippen LogP contribution in [-0.2, 0) is 14.8 Å². The highest BCUT2D eigenvalue weighted by molar-refractivity contribution is 7.89. The molecule has 0 bridgehead atoms. The summed E-state index contributed by atoms with van der Waals surface area (Å²) in [7, 11) is -3.65. The van der Waals surface area contributed by atoms with Crippen LogP contribution >= 0.6 is 0 Å². The smallest absolute Gasteiger partial charge is 0.251 e. The van der Waals surface area contributed by atoms with E-state index in [1.807, 2.05) is 0 Å². The van der Waals surface area contributed by atoms with E-state index in [9.17, 15) is 13.2 Å². The monoisotopic (exact) mass is 336 g/mol. The van der Waals surface area contributed by atoms with Crippen molar-refractivity contribution < 1.29 is 13.2 Å². The summed E-state index contributed by atoms with van der Waals surface area (Å²) < 4.78 is 32.2. The fraction of sp³-hybridized carbons (Fsp3) is 0.357. The van der Waals surface area contributed by atoms with Crippen molar-refractivity contribution >= 4 is 10.0 Å². The molecular weight excluding hydrogens is 320 g/mol. The Morgan fingerprint density at radius 3 is 2.96 bits per heavy atom. The Kier molecular flexibility index (Phi) is 4.24. The van der Waals surface area contributed by atoms with E-state index >= 15 is 0 Å². The molecule has 3 rings (SSSR count). The van der Waals surface area contributed by atoms with Crippen LogP contribution in [0.2, 0.25) is 0 Å². The van der Waals surface area contributed by atoms with Crippen molar-refractivity contribution in [3.05, 3.63) is 52.5 Å². The van der Waals surface area contributed by atoms with Gasteiger partial charge in [-0.05, 0) is 19.1 Å². The molecule has 1 atom stereocenters. The molecule has 2 aromatic rings. The summed E-state index contributed by atoms with van der Waals surface area (Å²) in [6, 6.07) is 4.44. The Labute approximate surface area is 133 Å². The normalized spacial score (nSPS) is 19.6. The number of H-pyrrole nitrogens is 1. The third-order valence-electron chi connectivity index (χ3n) is 3.49. The first-order chi connectivity index (χ1) is 11.0. The van der Waals surface area contributed by atoms with Crippen molar-refractivity contribution in [1.29, 1.82) is 0 Å². The quantitative estimate of drug-likeness (QED) is 0.860. The van der Waals surface area contributed by atoms with Gasteiger partial charge in [-0.3, -0.25) is 9.78 Å². The van der Waals surface area contributed by atoms with E-state index < -0.39 is 16.1 Å². The minimum atomic E-state index is -3.65. The van der Waals surface area contributed by atoms with Crippen LogP contribution in [0, 0.1) is 6.92 Å². The fourth-order valence-electron chi connectivity index (χ4n) is 2.41. The van der Waals surface area contributed by atoms with Crippen molar-refractivity contribution in [3.63, 3.8) is 0 Å². The maximum absolute atomic E-state index is 12.6. The highest BCUT2D eigenvalue weighted by Crippen LogP contribution is 2.23. The van der Waals surface area contributed by atoms with Gasteiger partial charge in [0.05, 0.1) is 6.61 Å². The molecule has 0 aliphatic carbocycles. The number of pyridine rings is 1. The van der Waals surface area contributed by atoms with Gasteiger partial charge in [0.1, 0.15) is 16.8 Å². The number of hydrogen-bond donors (Lipinski definition) is 1. The summed E-state index contributed by atoms with van der Waals surface area (Å²) in [5, 5.41) is 0. The predicted octanol–water partition coefficient (Wildman–Crippen LogP) is 0.236. The fourth-order valence-corrected chi connectivity index (χ4v) is 3.80. The lowest BCUT2D eigenvalue weighted by Gasteiger charge is -2.31. The Hall–Kier alpha value is -2.10. The van der Waals surface area contributed by atoms with E-state index in [0.717, 1.165) is 0 Å². The van der Waals surface area contributed by atoms with Crippen molar-refractivity contribution in [3.8, 4) is 0 Å². The molecule has 122 valence electrons. The second-order valence-corrected chi connectivity index (χ2v) is 7.12. The molecule has 1 fully saturated rings. The molecule has 0 unspecified atom stereocenters. The van der Waals surface area contributed by atoms with Gasteiger partial charge in [-0.15, -0.1) is 0 Å². The average Bonchev–Trinajstić information content (AvgIpc) is 2.55. The molecule has 0 aromatic carbocycles. The lowest BCUT2D eigenvalue weighted by molar-refractivity contribution is -0.00774. The number of aromatic nitrogens is 3. The molecular formula is C14H16N4O4S. The molecule has 9 heteroatoms. The van der Waals surface area contributed by atoms with Crippen LogP contribution in [0.4, 0.5) is 0 Å². The van der Waals surface area contributed by atoms with Gasteiger partial charge in [-0.1, -0.05) is 0 Å². The molecule has 0 amide bonds. The number of aryl methyl sites for hydroxylation is 1. The highest BCUT2D eigenvalue weighted by atomic mass is 32.2. The predicted molar refractivity (Wildman–Crippen MR) is 81.3 cm³/mol. The zero-order valence-electron chi connectivity index (χ0n) is 12.5. The molecule has 0 saturated carbocycles. The summed E-state index contributed by atoms with van der Waals surface area (Å²) in [4.78, 5) is 22.4. The van der Waals surface area contributed by atoms with Crippen LogP contribution in [0.1, 0.15) is 17.6 Å². The largest absolute Gasteiger partial charge is 0.368 e. The molecule has 1 aliphatic rings. The molecule has 0 spiro atoms. The lowest BCUT2D eigenvalue weighted by atomic mass is 10.3. The van der Waals surface area contributed by atoms with Crippen LogP contribution in [0.3, 0.4) is 0 Å². The van der Waals surface area contributed by atoms with E-state index in [1.165, 1.54) is 28.8 Å². The second kappa shape index (κ2) is 6.19. The zero-order valence-corrected chi connectivity index (χ0v) is 13.3. The first-order valence-corrected chi connectivity index (χ1v) is 8.50. The van der Waals surface area contributed by atoms with Crippen molar-refractivity contribution in [2.24, 2.45) is 0 Å². The molecule has 8 nitrogen and oxygen atoms in total. The topological polar surface area (TPSA) is 105 Å². The highest BCUT2D eigenvalue weighted by Gasteiger charge is 2.32. The minimum Gasteiger partial charge on any atom is -0.368 e. The standard InChI is InChI=1S/C14H16N4O4S/c1-10-7-13(19)17-14(16-10)12-9-18(5-6-22-12)23(20,21)11-3-2-4-15-8-11/h2-4,7-8,12H,5-6,9H2,1H3,(H,16,17,19)/t12-/m1/s1. The number of sulfonamides is 1. The van der Waals surface area contributed by atoms with Crippen LogP contribution in [0.5, 0.6) is 0 Å². The van der Waals surface area contributed by atoms with Gasteiger partial charge in [-0.2, -0.15) is 4.31 Å². The number of nitrogens with one attached hydrogen (secondary N) is 1. The van der Waals surface area contributed by atoms with Crippen LogP contribution in [0.15, 0.2) is 40.3 Å². The number of nitrogens with zero attached hydrogens (tertiary/aromatic N) is 3. The molecule has 1 N–H and O–H groups in total. The Balaban J connectivity index is 1.88. The number of rotatable bonds is 3. The average molecular weight is 336 g/mol. The summed E-state index contributed by atoms with van der Waals surface area (Å²) in [6.45, 7) is 2.25. The van der Waals surface area contributed by atoms with E-state index in [1.54, 1.807) is 13.0 Å². The Morgan fingerprint density at radius 2 is 2.26 bits per heavy atom. The third-order valence-corrected chi connectivity index (χ3v) is 5.34. The number of morpholine rings is 1. The number of ether oxygens (including phenoxy) is 1. The Bertz CT molecular complexity index is 851. The van der Waals surface area contributed by atoms with Crippen LogP contribution in [-0.4, -0.2) is 47.4 Å². The molecule has 1 aliphatic heterocycles. The van der Waals surface area contributed by atoms with Gasteiger partial charge in [0.25, 0.3) is 5.56 Å². The van der Waals surface area contributed by atoms with E-state index in [4.69, 9.17) is 4.74 Å². The van der Waals surface area contributed by atoms with E-state index in [-0.39, 0.29) is 30.2 Å². The summed E-state index contributed by atoms with van der Waals surface area (Å²) >= 11 is 0. The van der Waals surface area contributed by atoms with Crippen molar-refractivity contribution in [2.45, 2.75) is 17.9 Å². The van der Waals surface area contributed by atoms with Gasteiger partial charge in [0, 0.05) is 37.2 Å². The molecule has 3 heterocycles. The summed E-state index contributed by atoms with van der Waals surface area (Å²) in [6.07, 6.45) is 2.22. The number of aromatic amines is 1. The first kappa shape index (κ1) is 15.8. The SMILES string of the molecule is Cc1cc(=O)[nH]c([C@H]2CN(S(=O)(=O)c3cccnc3)CCO2)n1. The van der Waals surface area contributed by atoms with Gasteiger partial charge in [0.15, 0.2) is 0 Å². The second-order valence-electron chi connectivity index (χ2n) is 5.18. The lowest BCUT2D eigenvalue weighted by Crippen LogP contribution is -2.43. The minimum absolute atomic E-state index is 0.0869. The molecule has 23 heavy (non-hydrogen) atoms. The van der Waals surface area contributed by atoms with Crippen molar-refractivity contribution in [2.75, 3.05) is 19.7 Å². The zero-order chi connectivity index (χ0) is 16.4. The summed E-state index contributed by atoms with van der Waals surface area (Å²) in [5.41, 5.74) is 0.267. The third kappa shape index (κ3) is 3.31. The summed E-state index contributed by atoms with van der Waals surface area (Å²) in [5.74, 6) is 0.334. The molecule has 0 radical (unpaired) electrons. The van der Waals surface area contributed by atoms with Gasteiger partial charge in [-0.25, -0.2) is 13.4 Å². The van der Waals surface area contributed by atoms with E-state index in [2.05, 4.69) is 15.0 Å². The number of hydrogen-bond acceptors (Lipinski definition) is 6. The maximum Gasteiger partial charge on any atom is 0.251 e. The van der Waals surface area contributed by atoms with Gasteiger partial charge >= 0.3 is 0 Å².